The van der Waals surface area contributed by atoms with E-state index in [-0.39, 0.29) is 0 Å². The smallest absolute Gasteiger partial charge is 0.145 e. The van der Waals surface area contributed by atoms with E-state index in [9.17, 15) is 0 Å². The number of fused-ring (bicyclic) bond motifs is 9. The van der Waals surface area contributed by atoms with Gasteiger partial charge in [-0.25, -0.2) is 0 Å². The third-order valence-corrected chi connectivity index (χ3v) is 11.9. The van der Waals surface area contributed by atoms with Crippen molar-refractivity contribution < 1.29 is 8.83 Å². The average Bonchev–Trinajstić information content (AvgIpc) is 3.89. The Balaban J connectivity index is 1.05. The lowest BCUT2D eigenvalue weighted by atomic mass is 9.97. The lowest BCUT2D eigenvalue weighted by molar-refractivity contribution is 0.669. The second kappa shape index (κ2) is 13.4. The molecule has 59 heavy (non-hydrogen) atoms. The van der Waals surface area contributed by atoms with Crippen LogP contribution in [0.4, 0.5) is 17.1 Å². The predicted octanol–water partition coefficient (Wildman–Crippen LogP) is 16.3. The summed E-state index contributed by atoms with van der Waals surface area (Å²) >= 11 is 0. The summed E-state index contributed by atoms with van der Waals surface area (Å²) < 4.78 is 13.0. The Morgan fingerprint density at radius 3 is 1.68 bits per heavy atom. The minimum atomic E-state index is 0.860. The van der Waals surface area contributed by atoms with E-state index < -0.39 is 0 Å². The largest absolute Gasteiger partial charge is 0.456 e. The molecule has 0 bridgehead atoms. The van der Waals surface area contributed by atoms with Crippen molar-refractivity contribution in [3.8, 4) is 33.4 Å². The van der Waals surface area contributed by atoms with Gasteiger partial charge in [0.25, 0.3) is 0 Å². The van der Waals surface area contributed by atoms with Gasteiger partial charge in [0.1, 0.15) is 22.3 Å². The summed E-state index contributed by atoms with van der Waals surface area (Å²) in [5, 5.41) is 9.28. The van der Waals surface area contributed by atoms with Crippen molar-refractivity contribution in [1.82, 2.24) is 0 Å². The van der Waals surface area contributed by atoms with Gasteiger partial charge in [-0.05, 0) is 110 Å². The second-order valence-corrected chi connectivity index (χ2v) is 15.3. The first kappa shape index (κ1) is 33.3. The van der Waals surface area contributed by atoms with Crippen LogP contribution in [0.1, 0.15) is 0 Å². The summed E-state index contributed by atoms with van der Waals surface area (Å²) in [5.41, 5.74) is 13.5. The average molecular weight is 754 g/mol. The maximum atomic E-state index is 6.84. The fraction of sp³-hybridized carbons (Fsp3) is 0. The Morgan fingerprint density at radius 2 is 0.864 bits per heavy atom. The van der Waals surface area contributed by atoms with Gasteiger partial charge in [-0.2, -0.15) is 0 Å². The number of furan rings is 2. The predicted molar refractivity (Wildman–Crippen MR) is 247 cm³/mol. The molecule has 3 nitrogen and oxygen atoms in total. The van der Waals surface area contributed by atoms with Gasteiger partial charge >= 0.3 is 0 Å². The number of para-hydroxylation sites is 2. The standard InChI is InChI=1S/C56H35NO2/c1-2-10-36(11-3-1)37-18-20-40(21-19-37)46-31-32-51(55-48-15-7-9-17-53(48)59-56(46)55)57(44-30-26-41-23-22-39-12-4-5-13-45(39)49(41)35-44)43-28-24-38(25-29-43)42-27-33-54-50(34-42)47-14-6-8-16-52(47)58-54/h1-35H. The van der Waals surface area contributed by atoms with Crippen LogP contribution in [0.3, 0.4) is 0 Å². The zero-order valence-corrected chi connectivity index (χ0v) is 32.0. The van der Waals surface area contributed by atoms with Crippen LogP contribution in [0.25, 0.3) is 98.8 Å². The van der Waals surface area contributed by atoms with Gasteiger partial charge in [0.15, 0.2) is 0 Å². The van der Waals surface area contributed by atoms with Crippen molar-refractivity contribution in [1.29, 1.82) is 0 Å². The van der Waals surface area contributed by atoms with E-state index in [4.69, 9.17) is 8.83 Å². The zero-order valence-electron chi connectivity index (χ0n) is 32.0. The molecule has 10 aromatic carbocycles. The summed E-state index contributed by atoms with van der Waals surface area (Å²) in [6.45, 7) is 0. The number of nitrogens with zero attached hydrogens (tertiary/aromatic N) is 1. The van der Waals surface area contributed by atoms with Crippen molar-refractivity contribution in [2.24, 2.45) is 0 Å². The van der Waals surface area contributed by atoms with Crippen LogP contribution in [0.5, 0.6) is 0 Å². The Bertz CT molecular complexity index is 3540. The molecular weight excluding hydrogens is 719 g/mol. The van der Waals surface area contributed by atoms with Crippen molar-refractivity contribution in [3.63, 3.8) is 0 Å². The molecule has 0 atom stereocenters. The third kappa shape index (κ3) is 5.51. The molecule has 12 aromatic rings. The van der Waals surface area contributed by atoms with E-state index in [0.717, 1.165) is 83.2 Å². The van der Waals surface area contributed by atoms with Gasteiger partial charge in [0.05, 0.1) is 11.1 Å². The molecule has 0 saturated heterocycles. The molecule has 0 amide bonds. The van der Waals surface area contributed by atoms with E-state index >= 15 is 0 Å². The summed E-state index contributed by atoms with van der Waals surface area (Å²) in [5.74, 6) is 0. The summed E-state index contributed by atoms with van der Waals surface area (Å²) in [6, 6.07) is 75.8. The first-order valence-corrected chi connectivity index (χ1v) is 20.1. The fourth-order valence-electron chi connectivity index (χ4n) is 8.96. The fourth-order valence-corrected chi connectivity index (χ4v) is 8.96. The highest BCUT2D eigenvalue weighted by Crippen LogP contribution is 2.47. The van der Waals surface area contributed by atoms with E-state index in [1.165, 1.54) is 32.7 Å². The highest BCUT2D eigenvalue weighted by atomic mass is 16.3. The lowest BCUT2D eigenvalue weighted by Gasteiger charge is -2.27. The highest BCUT2D eigenvalue weighted by Gasteiger charge is 2.23. The molecule has 0 aliphatic carbocycles. The highest BCUT2D eigenvalue weighted by molar-refractivity contribution is 6.18. The van der Waals surface area contributed by atoms with Gasteiger partial charge in [-0.1, -0.05) is 152 Å². The Morgan fingerprint density at radius 1 is 0.305 bits per heavy atom. The van der Waals surface area contributed by atoms with Crippen molar-refractivity contribution in [2.45, 2.75) is 0 Å². The normalized spacial score (nSPS) is 11.7. The third-order valence-electron chi connectivity index (χ3n) is 11.9. The van der Waals surface area contributed by atoms with Gasteiger partial charge < -0.3 is 13.7 Å². The lowest BCUT2D eigenvalue weighted by Crippen LogP contribution is -2.10. The molecule has 0 unspecified atom stereocenters. The van der Waals surface area contributed by atoms with Crippen LogP contribution in [-0.2, 0) is 0 Å². The van der Waals surface area contributed by atoms with Crippen molar-refractivity contribution in [3.05, 3.63) is 212 Å². The molecule has 2 aromatic heterocycles. The molecule has 0 radical (unpaired) electrons. The Labute approximate surface area is 340 Å². The van der Waals surface area contributed by atoms with Gasteiger partial charge in [0.2, 0.25) is 0 Å². The zero-order chi connectivity index (χ0) is 38.9. The maximum absolute atomic E-state index is 6.84. The molecule has 0 N–H and O–H groups in total. The Hall–Kier alpha value is -7.88. The molecule has 0 aliphatic rings. The first-order valence-electron chi connectivity index (χ1n) is 20.1. The first-order chi connectivity index (χ1) is 29.2. The monoisotopic (exact) mass is 753 g/mol. The number of anilines is 3. The molecule has 0 aliphatic heterocycles. The summed E-state index contributed by atoms with van der Waals surface area (Å²) in [7, 11) is 0. The number of rotatable bonds is 6. The number of hydrogen-bond acceptors (Lipinski definition) is 3. The number of hydrogen-bond donors (Lipinski definition) is 0. The summed E-state index contributed by atoms with van der Waals surface area (Å²) in [6.07, 6.45) is 0. The molecule has 0 saturated carbocycles. The van der Waals surface area contributed by atoms with Crippen LogP contribution >= 0.6 is 0 Å². The molecular formula is C56H35NO2. The minimum Gasteiger partial charge on any atom is -0.456 e. The number of benzene rings is 10. The molecule has 0 fully saturated rings. The quantitative estimate of drug-likeness (QED) is 0.158. The minimum absolute atomic E-state index is 0.860. The molecule has 2 heterocycles. The van der Waals surface area contributed by atoms with E-state index in [1.807, 2.05) is 18.2 Å². The molecule has 276 valence electrons. The van der Waals surface area contributed by atoms with E-state index in [1.54, 1.807) is 0 Å². The molecule has 12 rings (SSSR count). The summed E-state index contributed by atoms with van der Waals surface area (Å²) in [4.78, 5) is 2.39. The molecule has 0 spiro atoms. The SMILES string of the molecule is c1ccc(-c2ccc(-c3ccc(N(c4ccc(-c5ccc6oc7ccccc7c6c5)cc4)c4ccc5ccc6ccccc6c5c4)c4c3oc3ccccc34)cc2)cc1. The van der Waals surface area contributed by atoms with Crippen LogP contribution in [0.15, 0.2) is 221 Å². The van der Waals surface area contributed by atoms with Crippen molar-refractivity contribution in [2.75, 3.05) is 4.90 Å². The van der Waals surface area contributed by atoms with Crippen LogP contribution in [-0.4, -0.2) is 0 Å². The maximum Gasteiger partial charge on any atom is 0.145 e. The van der Waals surface area contributed by atoms with Gasteiger partial charge in [0, 0.05) is 33.1 Å². The van der Waals surface area contributed by atoms with E-state index in [0.29, 0.717) is 0 Å². The van der Waals surface area contributed by atoms with Crippen LogP contribution in [0.2, 0.25) is 0 Å². The van der Waals surface area contributed by atoms with Gasteiger partial charge in [-0.3, -0.25) is 0 Å². The second-order valence-electron chi connectivity index (χ2n) is 15.3. The molecule has 3 heteroatoms. The topological polar surface area (TPSA) is 29.5 Å². The van der Waals surface area contributed by atoms with E-state index in [2.05, 4.69) is 199 Å². The van der Waals surface area contributed by atoms with Gasteiger partial charge in [-0.15, -0.1) is 0 Å². The Kier molecular flexibility index (Phi) is 7.54. The van der Waals surface area contributed by atoms with Crippen LogP contribution in [0, 0.1) is 0 Å². The van der Waals surface area contributed by atoms with Crippen molar-refractivity contribution >= 4 is 82.5 Å². The van der Waals surface area contributed by atoms with Crippen LogP contribution < -0.4 is 4.90 Å².